The van der Waals surface area contributed by atoms with Crippen molar-refractivity contribution in [2.45, 2.75) is 76.0 Å². The molecule has 0 aromatic carbocycles. The van der Waals surface area contributed by atoms with E-state index in [9.17, 15) is 0 Å². The van der Waals surface area contributed by atoms with Crippen LogP contribution in [0.15, 0.2) is 0 Å². The minimum Gasteiger partial charge on any atom is -0.370 e. The maximum Gasteiger partial charge on any atom is 0.0710 e. The third-order valence-electron chi connectivity index (χ3n) is 5.75. The van der Waals surface area contributed by atoms with Crippen molar-refractivity contribution in [3.05, 3.63) is 0 Å². The molecule has 0 amide bonds. The zero-order valence-corrected chi connectivity index (χ0v) is 12.7. The SMILES string of the molecule is CC(C)C1(N)CN(CC2CCC3(CCCCC3)O2)C1. The quantitative estimate of drug-likeness (QED) is 0.853. The van der Waals surface area contributed by atoms with Crippen LogP contribution in [0.1, 0.15) is 58.8 Å². The van der Waals surface area contributed by atoms with Crippen LogP contribution in [0.4, 0.5) is 0 Å². The van der Waals surface area contributed by atoms with Crippen molar-refractivity contribution >= 4 is 0 Å². The maximum atomic E-state index is 6.44. The van der Waals surface area contributed by atoms with Gasteiger partial charge in [-0.25, -0.2) is 0 Å². The second-order valence-corrected chi connectivity index (χ2v) is 7.58. The van der Waals surface area contributed by atoms with Gasteiger partial charge in [-0.05, 0) is 31.6 Å². The molecule has 110 valence electrons. The van der Waals surface area contributed by atoms with E-state index >= 15 is 0 Å². The molecule has 3 nitrogen and oxygen atoms in total. The molecule has 1 saturated carbocycles. The first kappa shape index (κ1) is 13.8. The molecule has 3 heteroatoms. The normalized spacial score (nSPS) is 33.8. The van der Waals surface area contributed by atoms with Gasteiger partial charge < -0.3 is 10.5 Å². The zero-order chi connectivity index (χ0) is 13.5. The van der Waals surface area contributed by atoms with Gasteiger partial charge in [-0.2, -0.15) is 0 Å². The molecule has 2 saturated heterocycles. The van der Waals surface area contributed by atoms with Crippen molar-refractivity contribution in [2.24, 2.45) is 11.7 Å². The van der Waals surface area contributed by atoms with Crippen LogP contribution >= 0.6 is 0 Å². The lowest BCUT2D eigenvalue weighted by atomic mass is 9.80. The fourth-order valence-corrected chi connectivity index (χ4v) is 4.16. The highest BCUT2D eigenvalue weighted by molar-refractivity contribution is 5.03. The van der Waals surface area contributed by atoms with Gasteiger partial charge in [-0.15, -0.1) is 0 Å². The highest BCUT2D eigenvalue weighted by Gasteiger charge is 2.45. The van der Waals surface area contributed by atoms with Crippen molar-refractivity contribution in [1.82, 2.24) is 4.90 Å². The lowest BCUT2D eigenvalue weighted by molar-refractivity contribution is -0.0856. The predicted octanol–water partition coefficient (Wildman–Crippen LogP) is 2.54. The Labute approximate surface area is 117 Å². The van der Waals surface area contributed by atoms with Crippen LogP contribution in [-0.4, -0.2) is 41.8 Å². The lowest BCUT2D eigenvalue weighted by Crippen LogP contribution is -2.70. The van der Waals surface area contributed by atoms with E-state index in [2.05, 4.69) is 18.7 Å². The summed E-state index contributed by atoms with van der Waals surface area (Å²) < 4.78 is 6.44. The minimum absolute atomic E-state index is 0.0567. The van der Waals surface area contributed by atoms with Gasteiger partial charge in [0.25, 0.3) is 0 Å². The van der Waals surface area contributed by atoms with Gasteiger partial charge in [0.15, 0.2) is 0 Å². The predicted molar refractivity (Wildman–Crippen MR) is 78.1 cm³/mol. The number of rotatable bonds is 3. The molecular weight excluding hydrogens is 236 g/mol. The van der Waals surface area contributed by atoms with Gasteiger partial charge >= 0.3 is 0 Å². The maximum absolute atomic E-state index is 6.44. The van der Waals surface area contributed by atoms with Crippen molar-refractivity contribution < 1.29 is 4.74 Å². The Bertz CT molecular complexity index is 317. The van der Waals surface area contributed by atoms with Crippen LogP contribution in [0.3, 0.4) is 0 Å². The summed E-state index contributed by atoms with van der Waals surface area (Å²) in [7, 11) is 0. The molecule has 0 bridgehead atoms. The van der Waals surface area contributed by atoms with E-state index in [0.717, 1.165) is 19.6 Å². The third-order valence-corrected chi connectivity index (χ3v) is 5.75. The number of nitrogens with zero attached hydrogens (tertiary/aromatic N) is 1. The van der Waals surface area contributed by atoms with E-state index < -0.39 is 0 Å². The molecule has 2 heterocycles. The van der Waals surface area contributed by atoms with Gasteiger partial charge in [-0.1, -0.05) is 33.1 Å². The molecule has 0 aromatic rings. The zero-order valence-electron chi connectivity index (χ0n) is 12.7. The molecule has 19 heavy (non-hydrogen) atoms. The van der Waals surface area contributed by atoms with E-state index in [-0.39, 0.29) is 11.1 Å². The molecule has 1 aliphatic carbocycles. The molecule has 2 N–H and O–H groups in total. The van der Waals surface area contributed by atoms with Gasteiger partial charge in [0.1, 0.15) is 0 Å². The summed E-state index contributed by atoms with van der Waals surface area (Å²) in [6, 6.07) is 0. The summed E-state index contributed by atoms with van der Waals surface area (Å²) in [6.07, 6.45) is 9.78. The molecular formula is C16H30N2O. The summed E-state index contributed by atoms with van der Waals surface area (Å²) in [4.78, 5) is 2.49. The molecule has 0 radical (unpaired) electrons. The Morgan fingerprint density at radius 1 is 1.16 bits per heavy atom. The molecule has 3 fully saturated rings. The van der Waals surface area contributed by atoms with Crippen LogP contribution in [0.25, 0.3) is 0 Å². The first-order valence-corrected chi connectivity index (χ1v) is 8.20. The van der Waals surface area contributed by atoms with Crippen molar-refractivity contribution in [1.29, 1.82) is 0 Å². The number of ether oxygens (including phenoxy) is 1. The topological polar surface area (TPSA) is 38.5 Å². The second-order valence-electron chi connectivity index (χ2n) is 7.58. The summed E-state index contributed by atoms with van der Waals surface area (Å²) in [5, 5.41) is 0. The standard InChI is InChI=1S/C16H30N2O/c1-13(2)16(17)11-18(12-16)10-14-6-9-15(19-14)7-4-3-5-8-15/h13-14H,3-12,17H2,1-2H3. The Morgan fingerprint density at radius 3 is 2.47 bits per heavy atom. The fraction of sp³-hybridized carbons (Fsp3) is 1.00. The van der Waals surface area contributed by atoms with E-state index in [0.29, 0.717) is 12.0 Å². The van der Waals surface area contributed by atoms with Gasteiger partial charge in [0.2, 0.25) is 0 Å². The molecule has 3 aliphatic rings. The molecule has 2 aliphatic heterocycles. The Hall–Kier alpha value is -0.120. The van der Waals surface area contributed by atoms with E-state index in [1.165, 1.54) is 44.9 Å². The summed E-state index contributed by atoms with van der Waals surface area (Å²) >= 11 is 0. The highest BCUT2D eigenvalue weighted by Crippen LogP contribution is 2.42. The fourth-order valence-electron chi connectivity index (χ4n) is 4.16. The Morgan fingerprint density at radius 2 is 1.84 bits per heavy atom. The van der Waals surface area contributed by atoms with Crippen molar-refractivity contribution in [2.75, 3.05) is 19.6 Å². The second kappa shape index (κ2) is 5.01. The van der Waals surface area contributed by atoms with E-state index in [4.69, 9.17) is 10.5 Å². The number of hydrogen-bond donors (Lipinski definition) is 1. The monoisotopic (exact) mass is 266 g/mol. The highest BCUT2D eigenvalue weighted by atomic mass is 16.5. The number of nitrogens with two attached hydrogens (primary N) is 1. The van der Waals surface area contributed by atoms with Crippen LogP contribution in [0, 0.1) is 5.92 Å². The first-order valence-electron chi connectivity index (χ1n) is 8.20. The third kappa shape index (κ3) is 2.70. The van der Waals surface area contributed by atoms with E-state index in [1.807, 2.05) is 0 Å². The van der Waals surface area contributed by atoms with Gasteiger partial charge in [0.05, 0.1) is 11.7 Å². The van der Waals surface area contributed by atoms with Crippen molar-refractivity contribution in [3.63, 3.8) is 0 Å². The van der Waals surface area contributed by atoms with Gasteiger partial charge in [-0.3, -0.25) is 4.90 Å². The Kier molecular flexibility index (Phi) is 3.65. The summed E-state index contributed by atoms with van der Waals surface area (Å²) in [5.41, 5.74) is 6.69. The molecule has 1 unspecified atom stereocenters. The van der Waals surface area contributed by atoms with Crippen LogP contribution in [-0.2, 0) is 4.74 Å². The first-order chi connectivity index (χ1) is 9.01. The smallest absolute Gasteiger partial charge is 0.0710 e. The average Bonchev–Trinajstić information content (AvgIpc) is 2.71. The van der Waals surface area contributed by atoms with Crippen LogP contribution in [0.5, 0.6) is 0 Å². The molecule has 1 atom stereocenters. The van der Waals surface area contributed by atoms with Crippen LogP contribution < -0.4 is 5.73 Å². The minimum atomic E-state index is 0.0567. The molecule has 0 aromatic heterocycles. The number of likely N-dealkylation sites (tertiary alicyclic amines) is 1. The van der Waals surface area contributed by atoms with Gasteiger partial charge in [0, 0.05) is 25.2 Å². The molecule has 3 rings (SSSR count). The molecule has 1 spiro atoms. The summed E-state index contributed by atoms with van der Waals surface area (Å²) in [5.74, 6) is 0.581. The summed E-state index contributed by atoms with van der Waals surface area (Å²) in [6.45, 7) is 7.68. The number of hydrogen-bond acceptors (Lipinski definition) is 3. The van der Waals surface area contributed by atoms with E-state index in [1.54, 1.807) is 0 Å². The average molecular weight is 266 g/mol. The largest absolute Gasteiger partial charge is 0.370 e. The Balaban J connectivity index is 1.46. The lowest BCUT2D eigenvalue weighted by Gasteiger charge is -2.51. The van der Waals surface area contributed by atoms with Crippen LogP contribution in [0.2, 0.25) is 0 Å². The van der Waals surface area contributed by atoms with Crippen molar-refractivity contribution in [3.8, 4) is 0 Å².